The fraction of sp³-hybridized carbons (Fsp3) is 0.167. The topological polar surface area (TPSA) is 88.9 Å². The number of fused-ring (bicyclic) bond motifs is 2. The van der Waals surface area contributed by atoms with Gasteiger partial charge in [0, 0.05) is 17.3 Å². The van der Waals surface area contributed by atoms with Crippen LogP contribution in [0.15, 0.2) is 64.6 Å². The van der Waals surface area contributed by atoms with Crippen LogP contribution in [-0.2, 0) is 10.0 Å². The minimum Gasteiger partial charge on any atom is -0.340 e. The number of benzene rings is 1. The van der Waals surface area contributed by atoms with Gasteiger partial charge in [-0.25, -0.2) is 13.9 Å². The van der Waals surface area contributed by atoms with Crippen LogP contribution in [0.4, 0.5) is 11.5 Å². The van der Waals surface area contributed by atoms with Crippen molar-refractivity contribution in [3.63, 3.8) is 0 Å². The van der Waals surface area contributed by atoms with Crippen molar-refractivity contribution >= 4 is 65.3 Å². The van der Waals surface area contributed by atoms with E-state index in [2.05, 4.69) is 32.4 Å². The van der Waals surface area contributed by atoms with Crippen LogP contribution >= 0.6 is 22.7 Å². The molecular weight excluding hydrogens is 486 g/mol. The molecule has 0 aliphatic carbocycles. The molecule has 2 N–H and O–H groups in total. The third-order valence-corrected chi connectivity index (χ3v) is 9.71. The zero-order chi connectivity index (χ0) is 23.1. The molecule has 1 aliphatic heterocycles. The van der Waals surface area contributed by atoms with Gasteiger partial charge in [-0.2, -0.15) is 8.42 Å². The molecule has 1 aliphatic rings. The highest BCUT2D eigenvalue weighted by Gasteiger charge is 2.20. The van der Waals surface area contributed by atoms with Crippen molar-refractivity contribution in [3.8, 4) is 11.8 Å². The smallest absolute Gasteiger partial charge is 0.277 e. The van der Waals surface area contributed by atoms with Crippen molar-refractivity contribution in [2.24, 2.45) is 0 Å². The lowest BCUT2D eigenvalue weighted by molar-refractivity contribution is 0.591. The van der Waals surface area contributed by atoms with Crippen molar-refractivity contribution in [1.29, 1.82) is 0 Å². The van der Waals surface area contributed by atoms with Crippen LogP contribution in [0.25, 0.3) is 21.1 Å². The lowest BCUT2D eigenvalue weighted by Crippen LogP contribution is -2.18. The molecule has 1 atom stereocenters. The van der Waals surface area contributed by atoms with E-state index in [1.165, 1.54) is 21.7 Å². The zero-order valence-electron chi connectivity index (χ0n) is 17.9. The largest absolute Gasteiger partial charge is 0.340 e. The summed E-state index contributed by atoms with van der Waals surface area (Å²) in [5.74, 6) is 7.27. The van der Waals surface area contributed by atoms with Gasteiger partial charge in [0.2, 0.25) is 0 Å². The maximum absolute atomic E-state index is 13.0. The van der Waals surface area contributed by atoms with Gasteiger partial charge < -0.3 is 10.6 Å². The van der Waals surface area contributed by atoms with Crippen LogP contribution in [-0.4, -0.2) is 34.9 Å². The van der Waals surface area contributed by atoms with E-state index in [0.29, 0.717) is 15.5 Å². The average molecular weight is 506 g/mol. The second-order valence-corrected chi connectivity index (χ2v) is 11.9. The normalized spacial score (nSPS) is 16.1. The van der Waals surface area contributed by atoms with Gasteiger partial charge in [-0.15, -0.1) is 22.7 Å². The third kappa shape index (κ3) is 3.86. The fourth-order valence-electron chi connectivity index (χ4n) is 4.03. The van der Waals surface area contributed by atoms with Gasteiger partial charge >= 0.3 is 0 Å². The van der Waals surface area contributed by atoms with Crippen molar-refractivity contribution in [2.45, 2.75) is 23.1 Å². The van der Waals surface area contributed by atoms with Crippen molar-refractivity contribution in [1.82, 2.24) is 19.3 Å². The van der Waals surface area contributed by atoms with E-state index in [-0.39, 0.29) is 6.04 Å². The molecule has 0 radical (unpaired) electrons. The number of nitrogens with one attached hydrogen (secondary N) is 2. The first-order chi connectivity index (χ1) is 16.6. The summed E-state index contributed by atoms with van der Waals surface area (Å²) in [4.78, 5) is 10.7. The van der Waals surface area contributed by atoms with Crippen LogP contribution in [0.1, 0.15) is 17.7 Å². The highest BCUT2D eigenvalue weighted by molar-refractivity contribution is 7.92. The second kappa shape index (κ2) is 8.52. The first-order valence-corrected chi connectivity index (χ1v) is 13.9. The van der Waals surface area contributed by atoms with E-state index < -0.39 is 10.0 Å². The Morgan fingerprint density at radius 3 is 2.94 bits per heavy atom. The van der Waals surface area contributed by atoms with E-state index >= 15 is 0 Å². The Morgan fingerprint density at radius 2 is 2.12 bits per heavy atom. The quantitative estimate of drug-likeness (QED) is 0.342. The van der Waals surface area contributed by atoms with Crippen molar-refractivity contribution in [2.75, 3.05) is 11.9 Å². The standard InChI is InChI=1S/C24H19N5O2S3/c30-34(31,22-4-2-12-32-22)29-11-9-16-13-18(6-8-21(16)29)28-23-20-14-19(33-24(20)27-15-26-23)7-5-17-3-1-10-25-17/h2,4,6,8-9,11-15,17,25H,1,3,10H2,(H,26,27,28)/t17-/m1/s1. The summed E-state index contributed by atoms with van der Waals surface area (Å²) < 4.78 is 27.6. The SMILES string of the molecule is O=S(=O)(c1cccs1)n1ccc2cc(Nc3ncnc4sc(C#C[C@H]5CCCN5)cc34)ccc21. The maximum atomic E-state index is 13.0. The summed E-state index contributed by atoms with van der Waals surface area (Å²) in [5, 5.41) is 10.2. The molecule has 0 unspecified atom stereocenters. The highest BCUT2D eigenvalue weighted by Crippen LogP contribution is 2.31. The summed E-state index contributed by atoms with van der Waals surface area (Å²) in [5.41, 5.74) is 1.44. The molecule has 1 aromatic carbocycles. The lowest BCUT2D eigenvalue weighted by atomic mass is 10.2. The van der Waals surface area contributed by atoms with Gasteiger partial charge in [-0.1, -0.05) is 17.9 Å². The molecule has 4 aromatic heterocycles. The van der Waals surface area contributed by atoms with Crippen LogP contribution in [0, 0.1) is 11.8 Å². The molecular formula is C24H19N5O2S3. The molecule has 5 aromatic rings. The highest BCUT2D eigenvalue weighted by atomic mass is 32.2. The van der Waals surface area contributed by atoms with Gasteiger partial charge in [0.15, 0.2) is 0 Å². The molecule has 170 valence electrons. The Morgan fingerprint density at radius 1 is 1.18 bits per heavy atom. The molecule has 7 nitrogen and oxygen atoms in total. The summed E-state index contributed by atoms with van der Waals surface area (Å²) in [6.45, 7) is 1.03. The number of hydrogen-bond donors (Lipinski definition) is 2. The van der Waals surface area contributed by atoms with E-state index in [1.807, 2.05) is 18.2 Å². The summed E-state index contributed by atoms with van der Waals surface area (Å²) >= 11 is 2.76. The Balaban J connectivity index is 1.31. The van der Waals surface area contributed by atoms with E-state index in [0.717, 1.165) is 39.1 Å². The van der Waals surface area contributed by atoms with Gasteiger partial charge in [-0.05, 0) is 61.2 Å². The summed E-state index contributed by atoms with van der Waals surface area (Å²) in [6, 6.07) is 13.0. The molecule has 10 heteroatoms. The summed E-state index contributed by atoms with van der Waals surface area (Å²) in [6.07, 6.45) is 5.39. The number of nitrogens with zero attached hydrogens (tertiary/aromatic N) is 3. The molecule has 34 heavy (non-hydrogen) atoms. The predicted octanol–water partition coefficient (Wildman–Crippen LogP) is 4.79. The van der Waals surface area contributed by atoms with Crippen molar-refractivity contribution in [3.05, 3.63) is 65.2 Å². The summed E-state index contributed by atoms with van der Waals surface area (Å²) in [7, 11) is -3.61. The van der Waals surface area contributed by atoms with E-state index in [1.54, 1.807) is 53.5 Å². The fourth-order valence-corrected chi connectivity index (χ4v) is 7.32. The van der Waals surface area contributed by atoms with E-state index in [9.17, 15) is 8.42 Å². The Bertz CT molecular complexity index is 1670. The lowest BCUT2D eigenvalue weighted by Gasteiger charge is -2.08. The molecule has 0 bridgehead atoms. The molecule has 1 saturated heterocycles. The van der Waals surface area contributed by atoms with E-state index in [4.69, 9.17) is 0 Å². The maximum Gasteiger partial charge on any atom is 0.277 e. The Kier molecular flexibility index (Phi) is 5.34. The average Bonchev–Trinajstić information content (AvgIpc) is 3.64. The predicted molar refractivity (Wildman–Crippen MR) is 137 cm³/mol. The third-order valence-electron chi connectivity index (χ3n) is 5.68. The van der Waals surface area contributed by atoms with Gasteiger partial charge in [-0.3, -0.25) is 0 Å². The molecule has 5 heterocycles. The number of thiophene rings is 2. The zero-order valence-corrected chi connectivity index (χ0v) is 20.3. The minimum atomic E-state index is -3.61. The van der Waals surface area contributed by atoms with Crippen molar-refractivity contribution < 1.29 is 8.42 Å². The molecule has 0 saturated carbocycles. The Hall–Kier alpha value is -3.23. The van der Waals surface area contributed by atoms with Gasteiger partial charge in [0.25, 0.3) is 10.0 Å². The monoisotopic (exact) mass is 505 g/mol. The van der Waals surface area contributed by atoms with Crippen LogP contribution in [0.2, 0.25) is 0 Å². The minimum absolute atomic E-state index is 0.261. The number of aromatic nitrogens is 3. The van der Waals surface area contributed by atoms with Crippen LogP contribution < -0.4 is 10.6 Å². The first kappa shape index (κ1) is 21.3. The number of rotatable bonds is 4. The molecule has 0 amide bonds. The molecule has 6 rings (SSSR count). The van der Waals surface area contributed by atoms with Crippen LogP contribution in [0.3, 0.4) is 0 Å². The first-order valence-electron chi connectivity index (χ1n) is 10.7. The number of hydrogen-bond acceptors (Lipinski definition) is 8. The van der Waals surface area contributed by atoms with Crippen LogP contribution in [0.5, 0.6) is 0 Å². The second-order valence-electron chi connectivity index (χ2n) is 7.92. The number of anilines is 2. The Labute approximate surface area is 204 Å². The molecule has 0 spiro atoms. The molecule has 1 fully saturated rings. The van der Waals surface area contributed by atoms with Gasteiger partial charge in [0.05, 0.1) is 21.8 Å². The van der Waals surface area contributed by atoms with Gasteiger partial charge in [0.1, 0.15) is 21.2 Å².